The van der Waals surface area contributed by atoms with Crippen molar-refractivity contribution < 1.29 is 18.4 Å². The van der Waals surface area contributed by atoms with Gasteiger partial charge in [-0.3, -0.25) is 4.79 Å². The van der Waals surface area contributed by atoms with Gasteiger partial charge in [0.15, 0.2) is 5.11 Å². The molecular formula is C28H21ClN2O5S. The van der Waals surface area contributed by atoms with Crippen LogP contribution in [-0.2, 0) is 11.2 Å². The molecule has 7 nitrogen and oxygen atoms in total. The summed E-state index contributed by atoms with van der Waals surface area (Å²) in [6.07, 6.45) is 1.46. The van der Waals surface area contributed by atoms with E-state index in [1.807, 2.05) is 30.3 Å². The Kier molecular flexibility index (Phi) is 6.69. The molecule has 0 bridgehead atoms. The highest BCUT2D eigenvalue weighted by atomic mass is 35.5. The van der Waals surface area contributed by atoms with Crippen molar-refractivity contribution in [3.63, 3.8) is 0 Å². The third-order valence-electron chi connectivity index (χ3n) is 6.05. The minimum Gasteiger partial charge on any atom is -0.497 e. The van der Waals surface area contributed by atoms with Crippen molar-refractivity contribution >= 4 is 62.5 Å². The molecule has 0 fully saturated rings. The van der Waals surface area contributed by atoms with E-state index in [0.717, 1.165) is 16.5 Å². The Morgan fingerprint density at radius 3 is 2.59 bits per heavy atom. The van der Waals surface area contributed by atoms with Gasteiger partial charge >= 0.3 is 5.63 Å². The van der Waals surface area contributed by atoms with Crippen molar-refractivity contribution in [2.24, 2.45) is 0 Å². The molecule has 5 aromatic rings. The highest BCUT2D eigenvalue weighted by Gasteiger charge is 2.18. The minimum atomic E-state index is -0.587. The van der Waals surface area contributed by atoms with E-state index >= 15 is 0 Å². The van der Waals surface area contributed by atoms with Crippen LogP contribution in [0.25, 0.3) is 33.1 Å². The molecule has 0 spiro atoms. The second kappa shape index (κ2) is 10.1. The standard InChI is InChI=1S/C28H21ClN2O5S/c1-15-20-11-22-23(16-6-8-17(29)9-7-16)14-35-24(22)13-25(20)36-27(33)21(15)12-26(32)31-28(37)30-18-4-3-5-19(10-18)34-2/h3-11,13-14H,12H2,1-2H3,(H2,30,31,32,37). The third-order valence-corrected chi connectivity index (χ3v) is 6.51. The van der Waals surface area contributed by atoms with Crippen LogP contribution in [0.4, 0.5) is 5.69 Å². The molecule has 0 radical (unpaired) electrons. The predicted octanol–water partition coefficient (Wildman–Crippen LogP) is 6.23. The fraction of sp³-hybridized carbons (Fsp3) is 0.107. The molecule has 5 rings (SSSR count). The number of anilines is 1. The topological polar surface area (TPSA) is 93.7 Å². The number of methoxy groups -OCH3 is 1. The largest absolute Gasteiger partial charge is 0.497 e. The van der Waals surface area contributed by atoms with Crippen molar-refractivity contribution in [2.75, 3.05) is 12.4 Å². The van der Waals surface area contributed by atoms with Crippen molar-refractivity contribution in [1.82, 2.24) is 5.32 Å². The Hall–Kier alpha value is -4.14. The summed E-state index contributed by atoms with van der Waals surface area (Å²) in [6.45, 7) is 1.79. The molecule has 1 amide bonds. The summed E-state index contributed by atoms with van der Waals surface area (Å²) >= 11 is 11.3. The Balaban J connectivity index is 1.42. The normalized spacial score (nSPS) is 11.0. The zero-order valence-electron chi connectivity index (χ0n) is 19.9. The first kappa shape index (κ1) is 24.5. The quantitative estimate of drug-likeness (QED) is 0.204. The molecule has 0 aliphatic carbocycles. The number of fused-ring (bicyclic) bond motifs is 2. The molecule has 0 aliphatic rings. The number of nitrogens with one attached hydrogen (secondary N) is 2. The molecule has 2 N–H and O–H groups in total. The molecule has 2 heterocycles. The van der Waals surface area contributed by atoms with Gasteiger partial charge in [0.1, 0.15) is 16.9 Å². The monoisotopic (exact) mass is 532 g/mol. The number of aryl methyl sites for hydroxylation is 1. The molecule has 2 aromatic heterocycles. The highest BCUT2D eigenvalue weighted by Crippen LogP contribution is 2.35. The lowest BCUT2D eigenvalue weighted by atomic mass is 9.99. The van der Waals surface area contributed by atoms with Gasteiger partial charge in [-0.2, -0.15) is 0 Å². The number of benzene rings is 3. The van der Waals surface area contributed by atoms with Gasteiger partial charge in [-0.25, -0.2) is 4.79 Å². The van der Waals surface area contributed by atoms with Crippen LogP contribution < -0.4 is 21.0 Å². The number of amides is 1. The number of hydrogen-bond acceptors (Lipinski definition) is 6. The smallest absolute Gasteiger partial charge is 0.340 e. The Bertz CT molecular complexity index is 1720. The number of rotatable bonds is 5. The Morgan fingerprint density at radius 1 is 1.05 bits per heavy atom. The summed E-state index contributed by atoms with van der Waals surface area (Å²) in [5.41, 5.74) is 3.76. The van der Waals surface area contributed by atoms with Crippen molar-refractivity contribution in [2.45, 2.75) is 13.3 Å². The SMILES string of the molecule is COc1cccc(NC(=S)NC(=O)Cc2c(C)c3cc4c(-c5ccc(Cl)cc5)coc4cc3oc2=O)c1. The van der Waals surface area contributed by atoms with E-state index in [-0.39, 0.29) is 17.1 Å². The molecule has 0 atom stereocenters. The first-order valence-electron chi connectivity index (χ1n) is 11.3. The second-order valence-corrected chi connectivity index (χ2v) is 9.25. The van der Waals surface area contributed by atoms with E-state index in [4.69, 9.17) is 37.4 Å². The lowest BCUT2D eigenvalue weighted by molar-refractivity contribution is -0.119. The Morgan fingerprint density at radius 2 is 1.84 bits per heavy atom. The summed E-state index contributed by atoms with van der Waals surface area (Å²) in [6, 6.07) is 18.2. The lowest BCUT2D eigenvalue weighted by Gasteiger charge is -2.11. The van der Waals surface area contributed by atoms with E-state index in [9.17, 15) is 9.59 Å². The third kappa shape index (κ3) is 5.07. The molecule has 186 valence electrons. The van der Waals surface area contributed by atoms with E-state index < -0.39 is 11.5 Å². The fourth-order valence-electron chi connectivity index (χ4n) is 4.16. The first-order valence-corrected chi connectivity index (χ1v) is 12.1. The van der Waals surface area contributed by atoms with Gasteiger partial charge in [0, 0.05) is 39.2 Å². The van der Waals surface area contributed by atoms with Gasteiger partial charge in [-0.15, -0.1) is 0 Å². The van der Waals surface area contributed by atoms with Crippen LogP contribution in [0.1, 0.15) is 11.1 Å². The number of furan rings is 1. The van der Waals surface area contributed by atoms with E-state index in [1.165, 1.54) is 0 Å². The van der Waals surface area contributed by atoms with Crippen molar-refractivity contribution in [1.29, 1.82) is 0 Å². The van der Waals surface area contributed by atoms with E-state index in [0.29, 0.717) is 38.6 Å². The molecule has 0 saturated carbocycles. The number of halogens is 1. The maximum Gasteiger partial charge on any atom is 0.340 e. The highest BCUT2D eigenvalue weighted by molar-refractivity contribution is 7.80. The molecule has 3 aromatic carbocycles. The molecule has 0 saturated heterocycles. The summed E-state index contributed by atoms with van der Waals surface area (Å²) in [7, 11) is 1.56. The fourth-order valence-corrected chi connectivity index (χ4v) is 4.52. The maximum atomic E-state index is 12.8. The number of ether oxygens (including phenoxy) is 1. The summed E-state index contributed by atoms with van der Waals surface area (Å²) < 4.78 is 16.5. The zero-order valence-corrected chi connectivity index (χ0v) is 21.5. The zero-order chi connectivity index (χ0) is 26.1. The molecule has 0 unspecified atom stereocenters. The van der Waals surface area contributed by atoms with Gasteiger partial charge in [0.25, 0.3) is 0 Å². The lowest BCUT2D eigenvalue weighted by Crippen LogP contribution is -2.36. The molecule has 37 heavy (non-hydrogen) atoms. The Labute approximate surface area is 222 Å². The van der Waals surface area contributed by atoms with Crippen LogP contribution in [0, 0.1) is 6.92 Å². The van der Waals surface area contributed by atoms with E-state index in [2.05, 4.69) is 10.6 Å². The average Bonchev–Trinajstić information content (AvgIpc) is 3.29. The van der Waals surface area contributed by atoms with E-state index in [1.54, 1.807) is 50.6 Å². The molecule has 0 aliphatic heterocycles. The average molecular weight is 533 g/mol. The molecule has 9 heteroatoms. The van der Waals surface area contributed by atoms with Gasteiger partial charge in [-0.05, 0) is 60.6 Å². The number of thiocarbonyl (C=S) groups is 1. The van der Waals surface area contributed by atoms with Crippen LogP contribution in [0.5, 0.6) is 5.75 Å². The summed E-state index contributed by atoms with van der Waals surface area (Å²) in [4.78, 5) is 25.5. The second-order valence-electron chi connectivity index (χ2n) is 8.40. The first-order chi connectivity index (χ1) is 17.8. The number of carbonyl (C=O) groups excluding carboxylic acids is 1. The maximum absolute atomic E-state index is 12.8. The summed E-state index contributed by atoms with van der Waals surface area (Å²) in [5, 5.41) is 7.85. The van der Waals surface area contributed by atoms with Crippen LogP contribution >= 0.6 is 23.8 Å². The predicted molar refractivity (Wildman–Crippen MR) is 149 cm³/mol. The van der Waals surface area contributed by atoms with Gasteiger partial charge < -0.3 is 24.2 Å². The van der Waals surface area contributed by atoms with Gasteiger partial charge in [0.2, 0.25) is 5.91 Å². The summed E-state index contributed by atoms with van der Waals surface area (Å²) in [5.74, 6) is 0.205. The minimum absolute atomic E-state index is 0.105. The molecular weight excluding hydrogens is 512 g/mol. The van der Waals surface area contributed by atoms with Crippen LogP contribution in [0.2, 0.25) is 5.02 Å². The van der Waals surface area contributed by atoms with Crippen molar-refractivity contribution in [3.05, 3.63) is 93.5 Å². The van der Waals surface area contributed by atoms with Crippen LogP contribution in [0.3, 0.4) is 0 Å². The number of carbonyl (C=O) groups is 1. The number of hydrogen-bond donors (Lipinski definition) is 2. The van der Waals surface area contributed by atoms with Crippen LogP contribution in [-0.4, -0.2) is 18.1 Å². The van der Waals surface area contributed by atoms with Crippen LogP contribution in [0.15, 0.2) is 80.6 Å². The van der Waals surface area contributed by atoms with Crippen molar-refractivity contribution in [3.8, 4) is 16.9 Å². The van der Waals surface area contributed by atoms with Gasteiger partial charge in [-0.1, -0.05) is 29.8 Å². The van der Waals surface area contributed by atoms with Gasteiger partial charge in [0.05, 0.1) is 25.4 Å².